The molecule has 1 atom stereocenters. The molecule has 0 fully saturated rings. The second-order valence-electron chi connectivity index (χ2n) is 5.22. The van der Waals surface area contributed by atoms with E-state index in [1.165, 1.54) is 6.07 Å². The van der Waals surface area contributed by atoms with Gasteiger partial charge in [0.2, 0.25) is 0 Å². The van der Waals surface area contributed by atoms with Crippen molar-refractivity contribution >= 4 is 15.9 Å². The Kier molecular flexibility index (Phi) is 4.36. The lowest BCUT2D eigenvalue weighted by molar-refractivity contribution is 0.0272. The Labute approximate surface area is 131 Å². The standard InChI is InChI=1S/C17H15BrF2O/c18-13-9-14(19)17(20)12-7-4-8-15(16(12)13)21-10-11-5-2-1-3-6-11/h1-3,5-6,9,15H,4,7-8,10H2. The highest BCUT2D eigenvalue weighted by molar-refractivity contribution is 9.10. The molecule has 2 aromatic rings. The predicted octanol–water partition coefficient (Wildman–Crippen LogP) is 5.32. The maximum Gasteiger partial charge on any atom is 0.162 e. The maximum absolute atomic E-state index is 13.9. The Morgan fingerprint density at radius 2 is 1.95 bits per heavy atom. The first-order chi connectivity index (χ1) is 10.2. The van der Waals surface area contributed by atoms with Crippen molar-refractivity contribution in [2.24, 2.45) is 0 Å². The first kappa shape index (κ1) is 14.7. The fourth-order valence-electron chi connectivity index (χ4n) is 2.80. The molecule has 0 saturated carbocycles. The molecule has 110 valence electrons. The molecular weight excluding hydrogens is 338 g/mol. The van der Waals surface area contributed by atoms with Crippen molar-refractivity contribution in [2.45, 2.75) is 32.0 Å². The van der Waals surface area contributed by atoms with Crippen molar-refractivity contribution in [1.29, 1.82) is 0 Å². The minimum Gasteiger partial charge on any atom is -0.369 e. The number of ether oxygens (including phenoxy) is 1. The van der Waals surface area contributed by atoms with Crippen LogP contribution in [-0.2, 0) is 17.8 Å². The summed E-state index contributed by atoms with van der Waals surface area (Å²) in [6.45, 7) is 0.469. The molecule has 1 nitrogen and oxygen atoms in total. The highest BCUT2D eigenvalue weighted by atomic mass is 79.9. The Morgan fingerprint density at radius 1 is 1.19 bits per heavy atom. The molecule has 4 heteroatoms. The number of hydrogen-bond acceptors (Lipinski definition) is 1. The summed E-state index contributed by atoms with van der Waals surface area (Å²) in [5, 5.41) is 0. The fraction of sp³-hybridized carbons (Fsp3) is 0.294. The van der Waals surface area contributed by atoms with Crippen LogP contribution in [0.5, 0.6) is 0 Å². The van der Waals surface area contributed by atoms with Crippen molar-refractivity contribution in [3.05, 3.63) is 69.2 Å². The zero-order chi connectivity index (χ0) is 14.8. The average molecular weight is 353 g/mol. The van der Waals surface area contributed by atoms with E-state index in [0.29, 0.717) is 23.1 Å². The molecule has 0 aliphatic heterocycles. The number of halogens is 3. The van der Waals surface area contributed by atoms with Crippen molar-refractivity contribution in [3.63, 3.8) is 0 Å². The van der Waals surface area contributed by atoms with E-state index in [0.717, 1.165) is 24.0 Å². The van der Waals surface area contributed by atoms with E-state index in [1.54, 1.807) is 0 Å². The molecule has 0 aromatic heterocycles. The zero-order valence-corrected chi connectivity index (χ0v) is 13.0. The lowest BCUT2D eigenvalue weighted by Crippen LogP contribution is -2.16. The molecule has 0 saturated heterocycles. The van der Waals surface area contributed by atoms with Crippen LogP contribution < -0.4 is 0 Å². The number of fused-ring (bicyclic) bond motifs is 1. The van der Waals surface area contributed by atoms with Gasteiger partial charge >= 0.3 is 0 Å². The Morgan fingerprint density at radius 3 is 2.71 bits per heavy atom. The third-order valence-electron chi connectivity index (χ3n) is 3.82. The van der Waals surface area contributed by atoms with E-state index >= 15 is 0 Å². The molecule has 0 amide bonds. The van der Waals surface area contributed by atoms with Crippen molar-refractivity contribution in [1.82, 2.24) is 0 Å². The third kappa shape index (κ3) is 3.01. The van der Waals surface area contributed by atoms with E-state index in [1.807, 2.05) is 30.3 Å². The number of hydrogen-bond donors (Lipinski definition) is 0. The van der Waals surface area contributed by atoms with Gasteiger partial charge in [0.25, 0.3) is 0 Å². The maximum atomic E-state index is 13.9. The van der Waals surface area contributed by atoms with Crippen LogP contribution in [-0.4, -0.2) is 0 Å². The van der Waals surface area contributed by atoms with Gasteiger partial charge in [0.15, 0.2) is 11.6 Å². The quantitative estimate of drug-likeness (QED) is 0.679. The summed E-state index contributed by atoms with van der Waals surface area (Å²) < 4.78 is 34.0. The summed E-state index contributed by atoms with van der Waals surface area (Å²) in [5.41, 5.74) is 2.28. The summed E-state index contributed by atoms with van der Waals surface area (Å²) in [6.07, 6.45) is 1.99. The molecular formula is C17H15BrF2O. The molecule has 0 spiro atoms. The van der Waals surface area contributed by atoms with Crippen LogP contribution in [0.3, 0.4) is 0 Å². The minimum atomic E-state index is -0.802. The minimum absolute atomic E-state index is 0.196. The highest BCUT2D eigenvalue weighted by Gasteiger charge is 2.27. The van der Waals surface area contributed by atoms with Gasteiger partial charge in [-0.25, -0.2) is 8.78 Å². The van der Waals surface area contributed by atoms with Crippen LogP contribution in [0, 0.1) is 11.6 Å². The molecule has 2 aromatic carbocycles. The van der Waals surface area contributed by atoms with Gasteiger partial charge in [-0.15, -0.1) is 0 Å². The third-order valence-corrected chi connectivity index (χ3v) is 4.48. The summed E-state index contributed by atoms with van der Waals surface area (Å²) >= 11 is 3.35. The molecule has 21 heavy (non-hydrogen) atoms. The van der Waals surface area contributed by atoms with Crippen LogP contribution in [0.15, 0.2) is 40.9 Å². The smallest absolute Gasteiger partial charge is 0.162 e. The Balaban J connectivity index is 1.85. The van der Waals surface area contributed by atoms with E-state index in [-0.39, 0.29) is 6.10 Å². The van der Waals surface area contributed by atoms with Gasteiger partial charge < -0.3 is 4.74 Å². The molecule has 0 N–H and O–H groups in total. The van der Waals surface area contributed by atoms with E-state index < -0.39 is 11.6 Å². The molecule has 0 radical (unpaired) electrons. The van der Waals surface area contributed by atoms with Crippen LogP contribution in [0.25, 0.3) is 0 Å². The first-order valence-corrected chi connectivity index (χ1v) is 7.78. The van der Waals surface area contributed by atoms with Crippen molar-refractivity contribution < 1.29 is 13.5 Å². The summed E-state index contributed by atoms with van der Waals surface area (Å²) in [7, 11) is 0. The van der Waals surface area contributed by atoms with Crippen LogP contribution in [0.1, 0.15) is 35.6 Å². The van der Waals surface area contributed by atoms with Gasteiger partial charge in [-0.3, -0.25) is 0 Å². The summed E-state index contributed by atoms with van der Waals surface area (Å²) in [5.74, 6) is -1.54. The average Bonchev–Trinajstić information content (AvgIpc) is 2.51. The summed E-state index contributed by atoms with van der Waals surface area (Å²) in [4.78, 5) is 0. The van der Waals surface area contributed by atoms with Gasteiger partial charge in [-0.1, -0.05) is 46.3 Å². The van der Waals surface area contributed by atoms with Gasteiger partial charge in [0.05, 0.1) is 12.7 Å². The van der Waals surface area contributed by atoms with Gasteiger partial charge in [-0.2, -0.15) is 0 Å². The van der Waals surface area contributed by atoms with E-state index in [9.17, 15) is 8.78 Å². The number of benzene rings is 2. The summed E-state index contributed by atoms with van der Waals surface area (Å²) in [6, 6.07) is 11.0. The monoisotopic (exact) mass is 352 g/mol. The van der Waals surface area contributed by atoms with Crippen molar-refractivity contribution in [3.8, 4) is 0 Å². The number of rotatable bonds is 3. The molecule has 0 heterocycles. The SMILES string of the molecule is Fc1cc(Br)c2c(c1F)CCCC2OCc1ccccc1. The van der Waals surface area contributed by atoms with Crippen molar-refractivity contribution in [2.75, 3.05) is 0 Å². The van der Waals surface area contributed by atoms with E-state index in [2.05, 4.69) is 15.9 Å². The van der Waals surface area contributed by atoms with Crippen LogP contribution in [0.2, 0.25) is 0 Å². The van der Waals surface area contributed by atoms with Crippen LogP contribution >= 0.6 is 15.9 Å². The van der Waals surface area contributed by atoms with Gasteiger partial charge in [0, 0.05) is 10.0 Å². The largest absolute Gasteiger partial charge is 0.369 e. The second kappa shape index (κ2) is 6.24. The van der Waals surface area contributed by atoms with Gasteiger partial charge in [0.1, 0.15) is 0 Å². The molecule has 3 rings (SSSR count). The van der Waals surface area contributed by atoms with Crippen LogP contribution in [0.4, 0.5) is 8.78 Å². The first-order valence-electron chi connectivity index (χ1n) is 6.98. The second-order valence-corrected chi connectivity index (χ2v) is 6.08. The highest BCUT2D eigenvalue weighted by Crippen LogP contribution is 2.39. The normalized spacial score (nSPS) is 17.6. The molecule has 1 aliphatic carbocycles. The lowest BCUT2D eigenvalue weighted by atomic mass is 9.88. The molecule has 1 aliphatic rings. The van der Waals surface area contributed by atoms with E-state index in [4.69, 9.17) is 4.74 Å². The van der Waals surface area contributed by atoms with Gasteiger partial charge in [-0.05, 0) is 36.5 Å². The fourth-order valence-corrected chi connectivity index (χ4v) is 3.49. The molecule has 1 unspecified atom stereocenters. The predicted molar refractivity (Wildman–Crippen MR) is 81.0 cm³/mol. The molecule has 0 bridgehead atoms. The lowest BCUT2D eigenvalue weighted by Gasteiger charge is -2.27. The topological polar surface area (TPSA) is 9.23 Å². The zero-order valence-electron chi connectivity index (χ0n) is 11.4. The Bertz CT molecular complexity index is 643. The Hall–Kier alpha value is -1.26.